The van der Waals surface area contributed by atoms with Gasteiger partial charge in [0.2, 0.25) is 0 Å². The summed E-state index contributed by atoms with van der Waals surface area (Å²) in [7, 11) is 0. The number of thioether (sulfide) groups is 1. The standard InChI is InChI=1S/C11H24N2S/c1-10(2)11-9-12-5-7-13(11)6-4-8-14-3/h10-12H,4-9H2,1-3H3. The Bertz CT molecular complexity index is 150. The number of hydrogen-bond acceptors (Lipinski definition) is 3. The van der Waals surface area contributed by atoms with Gasteiger partial charge in [-0.2, -0.15) is 11.8 Å². The molecule has 3 heteroatoms. The lowest BCUT2D eigenvalue weighted by Crippen LogP contribution is -2.53. The van der Waals surface area contributed by atoms with Gasteiger partial charge in [-0.3, -0.25) is 4.90 Å². The zero-order valence-corrected chi connectivity index (χ0v) is 10.6. The highest BCUT2D eigenvalue weighted by Crippen LogP contribution is 2.13. The monoisotopic (exact) mass is 216 g/mol. The molecule has 1 unspecified atom stereocenters. The van der Waals surface area contributed by atoms with Gasteiger partial charge in [-0.1, -0.05) is 13.8 Å². The maximum Gasteiger partial charge on any atom is 0.0244 e. The Labute approximate surface area is 92.8 Å². The minimum Gasteiger partial charge on any atom is -0.314 e. The van der Waals surface area contributed by atoms with Crippen molar-refractivity contribution >= 4 is 11.8 Å². The second-order valence-corrected chi connectivity index (χ2v) is 5.38. The number of piperazine rings is 1. The lowest BCUT2D eigenvalue weighted by atomic mass is 10.0. The van der Waals surface area contributed by atoms with Gasteiger partial charge in [-0.15, -0.1) is 0 Å². The van der Waals surface area contributed by atoms with Crippen LogP contribution in [0.15, 0.2) is 0 Å². The molecule has 0 aromatic heterocycles. The van der Waals surface area contributed by atoms with Gasteiger partial charge in [-0.25, -0.2) is 0 Å². The topological polar surface area (TPSA) is 15.3 Å². The van der Waals surface area contributed by atoms with E-state index in [1.807, 2.05) is 11.8 Å². The zero-order chi connectivity index (χ0) is 10.4. The van der Waals surface area contributed by atoms with E-state index in [-0.39, 0.29) is 0 Å². The minimum atomic E-state index is 0.755. The summed E-state index contributed by atoms with van der Waals surface area (Å²) in [5.74, 6) is 2.08. The quantitative estimate of drug-likeness (QED) is 0.704. The average molecular weight is 216 g/mol. The molecule has 1 aliphatic rings. The highest BCUT2D eigenvalue weighted by Gasteiger charge is 2.23. The minimum absolute atomic E-state index is 0.755. The molecule has 1 fully saturated rings. The van der Waals surface area contributed by atoms with Crippen molar-refractivity contribution in [3.63, 3.8) is 0 Å². The maximum atomic E-state index is 3.49. The SMILES string of the molecule is CSCCCN1CCNCC1C(C)C. The second-order valence-electron chi connectivity index (χ2n) is 4.40. The van der Waals surface area contributed by atoms with E-state index in [4.69, 9.17) is 0 Å². The van der Waals surface area contributed by atoms with E-state index in [0.717, 1.165) is 12.0 Å². The first-order chi connectivity index (χ1) is 6.75. The summed E-state index contributed by atoms with van der Waals surface area (Å²) < 4.78 is 0. The van der Waals surface area contributed by atoms with Crippen LogP contribution in [0.3, 0.4) is 0 Å². The molecule has 1 aliphatic heterocycles. The van der Waals surface area contributed by atoms with Crippen LogP contribution in [0, 0.1) is 5.92 Å². The first-order valence-corrected chi connectivity index (χ1v) is 7.08. The van der Waals surface area contributed by atoms with Crippen molar-refractivity contribution < 1.29 is 0 Å². The summed E-state index contributed by atoms with van der Waals surface area (Å²) in [4.78, 5) is 2.66. The fraction of sp³-hybridized carbons (Fsp3) is 1.00. The van der Waals surface area contributed by atoms with Crippen LogP contribution in [-0.4, -0.2) is 49.1 Å². The van der Waals surface area contributed by atoms with E-state index in [1.54, 1.807) is 0 Å². The van der Waals surface area contributed by atoms with E-state index >= 15 is 0 Å². The Balaban J connectivity index is 2.30. The zero-order valence-electron chi connectivity index (χ0n) is 9.75. The van der Waals surface area contributed by atoms with E-state index in [1.165, 1.54) is 38.4 Å². The third-order valence-electron chi connectivity index (χ3n) is 2.96. The molecule has 1 atom stereocenters. The van der Waals surface area contributed by atoms with Crippen LogP contribution in [0.25, 0.3) is 0 Å². The van der Waals surface area contributed by atoms with Gasteiger partial charge >= 0.3 is 0 Å². The van der Waals surface area contributed by atoms with Crippen LogP contribution in [0.2, 0.25) is 0 Å². The number of nitrogens with one attached hydrogen (secondary N) is 1. The van der Waals surface area contributed by atoms with E-state index < -0.39 is 0 Å². The van der Waals surface area contributed by atoms with Gasteiger partial charge in [0.1, 0.15) is 0 Å². The molecule has 0 aromatic rings. The van der Waals surface area contributed by atoms with E-state index in [9.17, 15) is 0 Å². The third-order valence-corrected chi connectivity index (χ3v) is 3.66. The van der Waals surface area contributed by atoms with Gasteiger partial charge in [0.05, 0.1) is 0 Å². The summed E-state index contributed by atoms with van der Waals surface area (Å²) in [6, 6.07) is 0.755. The first-order valence-electron chi connectivity index (χ1n) is 5.69. The fourth-order valence-corrected chi connectivity index (χ4v) is 2.53. The molecule has 84 valence electrons. The van der Waals surface area contributed by atoms with Crippen LogP contribution in [0.1, 0.15) is 20.3 Å². The smallest absolute Gasteiger partial charge is 0.0244 e. The van der Waals surface area contributed by atoms with Crippen LogP contribution in [0.4, 0.5) is 0 Å². The summed E-state index contributed by atoms with van der Waals surface area (Å²) >= 11 is 1.96. The molecule has 1 heterocycles. The van der Waals surface area contributed by atoms with Crippen molar-refractivity contribution in [1.29, 1.82) is 0 Å². The summed E-state index contributed by atoms with van der Waals surface area (Å²) in [6.07, 6.45) is 3.53. The predicted molar refractivity (Wildman–Crippen MR) is 66.1 cm³/mol. The molecule has 0 aliphatic carbocycles. The van der Waals surface area contributed by atoms with Crippen molar-refractivity contribution in [2.24, 2.45) is 5.92 Å². The summed E-state index contributed by atoms with van der Waals surface area (Å²) in [5, 5.41) is 3.49. The molecule has 1 saturated heterocycles. The largest absolute Gasteiger partial charge is 0.314 e. The summed E-state index contributed by atoms with van der Waals surface area (Å²) in [5.41, 5.74) is 0. The molecule has 1 N–H and O–H groups in total. The summed E-state index contributed by atoms with van der Waals surface area (Å²) in [6.45, 7) is 9.53. The van der Waals surface area contributed by atoms with Crippen molar-refractivity contribution in [3.05, 3.63) is 0 Å². The molecule has 0 radical (unpaired) electrons. The molecule has 0 amide bonds. The van der Waals surface area contributed by atoms with Gasteiger partial charge in [0.15, 0.2) is 0 Å². The Kier molecular flexibility index (Phi) is 5.90. The number of hydrogen-bond donors (Lipinski definition) is 1. The normalized spacial score (nSPS) is 24.4. The van der Waals surface area contributed by atoms with E-state index in [0.29, 0.717) is 0 Å². The lowest BCUT2D eigenvalue weighted by Gasteiger charge is -2.38. The van der Waals surface area contributed by atoms with Gasteiger partial charge < -0.3 is 5.32 Å². The van der Waals surface area contributed by atoms with Crippen LogP contribution in [-0.2, 0) is 0 Å². The molecule has 0 saturated carbocycles. The van der Waals surface area contributed by atoms with Crippen molar-refractivity contribution in [3.8, 4) is 0 Å². The third kappa shape index (κ3) is 3.79. The van der Waals surface area contributed by atoms with Gasteiger partial charge in [0, 0.05) is 25.7 Å². The lowest BCUT2D eigenvalue weighted by molar-refractivity contribution is 0.125. The van der Waals surface area contributed by atoms with Gasteiger partial charge in [-0.05, 0) is 30.9 Å². The molecule has 2 nitrogen and oxygen atoms in total. The highest BCUT2D eigenvalue weighted by atomic mass is 32.2. The first kappa shape index (κ1) is 12.3. The molecule has 0 bridgehead atoms. The molecular weight excluding hydrogens is 192 g/mol. The fourth-order valence-electron chi connectivity index (χ4n) is 2.11. The Morgan fingerprint density at radius 2 is 2.29 bits per heavy atom. The predicted octanol–water partition coefficient (Wildman–Crippen LogP) is 1.67. The van der Waals surface area contributed by atoms with Crippen molar-refractivity contribution in [1.82, 2.24) is 10.2 Å². The van der Waals surface area contributed by atoms with Crippen LogP contribution >= 0.6 is 11.8 Å². The molecule has 0 spiro atoms. The van der Waals surface area contributed by atoms with Crippen molar-refractivity contribution in [2.75, 3.05) is 38.2 Å². The number of rotatable bonds is 5. The number of nitrogens with zero attached hydrogens (tertiary/aromatic N) is 1. The molecule has 0 aromatic carbocycles. The molecular formula is C11H24N2S. The average Bonchev–Trinajstić information content (AvgIpc) is 2.19. The van der Waals surface area contributed by atoms with Crippen LogP contribution in [0.5, 0.6) is 0 Å². The van der Waals surface area contributed by atoms with Crippen LogP contribution < -0.4 is 5.32 Å². The Hall–Kier alpha value is 0.270. The maximum absolute atomic E-state index is 3.49. The van der Waals surface area contributed by atoms with Gasteiger partial charge in [0.25, 0.3) is 0 Å². The Morgan fingerprint density at radius 1 is 1.50 bits per heavy atom. The highest BCUT2D eigenvalue weighted by molar-refractivity contribution is 7.98. The molecule has 14 heavy (non-hydrogen) atoms. The molecule has 1 rings (SSSR count). The van der Waals surface area contributed by atoms with E-state index in [2.05, 4.69) is 30.3 Å². The second kappa shape index (κ2) is 6.70. The Morgan fingerprint density at radius 3 is 2.93 bits per heavy atom. The van der Waals surface area contributed by atoms with Crippen molar-refractivity contribution in [2.45, 2.75) is 26.3 Å².